The molecule has 18 heavy (non-hydrogen) atoms. The van der Waals surface area contributed by atoms with Crippen LogP contribution in [0, 0.1) is 11.6 Å². The lowest BCUT2D eigenvalue weighted by atomic mass is 10.2. The molecule has 0 aliphatic carbocycles. The average Bonchev–Trinajstić information content (AvgIpc) is 2.72. The molecule has 0 amide bonds. The van der Waals surface area contributed by atoms with Gasteiger partial charge >= 0.3 is 5.97 Å². The van der Waals surface area contributed by atoms with E-state index in [1.54, 1.807) is 6.92 Å². The minimum atomic E-state index is -1.28. The molecule has 0 aliphatic rings. The zero-order valence-corrected chi connectivity index (χ0v) is 9.39. The number of carbonyl (C=O) groups is 1. The Kier molecular flexibility index (Phi) is 3.05. The number of benzene rings is 1. The van der Waals surface area contributed by atoms with Crippen LogP contribution in [-0.2, 0) is 6.42 Å². The maximum absolute atomic E-state index is 13.6. The first-order valence-electron chi connectivity index (χ1n) is 5.18. The molecule has 7 heteroatoms. The quantitative estimate of drug-likeness (QED) is 0.905. The van der Waals surface area contributed by atoms with Gasteiger partial charge in [-0.25, -0.2) is 18.3 Å². The molecular weight excluding hydrogens is 244 g/mol. The van der Waals surface area contributed by atoms with E-state index in [1.165, 1.54) is 6.07 Å². The second-order valence-electron chi connectivity index (χ2n) is 3.53. The largest absolute Gasteiger partial charge is 0.476 e. The highest BCUT2D eigenvalue weighted by Crippen LogP contribution is 2.20. The zero-order chi connectivity index (χ0) is 13.3. The van der Waals surface area contributed by atoms with Gasteiger partial charge in [0.15, 0.2) is 17.3 Å². The molecule has 0 bridgehead atoms. The van der Waals surface area contributed by atoms with Crippen LogP contribution < -0.4 is 0 Å². The Morgan fingerprint density at radius 2 is 2.00 bits per heavy atom. The normalized spacial score (nSPS) is 10.6. The molecule has 0 spiro atoms. The smallest absolute Gasteiger partial charge is 0.358 e. The van der Waals surface area contributed by atoms with Crippen molar-refractivity contribution >= 4 is 5.97 Å². The van der Waals surface area contributed by atoms with Crippen molar-refractivity contribution in [2.24, 2.45) is 0 Å². The molecule has 1 N–H and O–H groups in total. The summed E-state index contributed by atoms with van der Waals surface area (Å²) in [7, 11) is 0. The number of para-hydroxylation sites is 1. The molecule has 2 rings (SSSR count). The SMILES string of the molecule is CCc1c(C(=O)O)nnn1-c1c(F)cccc1F. The molecule has 0 saturated carbocycles. The minimum Gasteiger partial charge on any atom is -0.476 e. The fourth-order valence-corrected chi connectivity index (χ4v) is 1.66. The highest BCUT2D eigenvalue weighted by atomic mass is 19.1. The Bertz CT molecular complexity index is 590. The van der Waals surface area contributed by atoms with Crippen LogP contribution in [0.2, 0.25) is 0 Å². The van der Waals surface area contributed by atoms with E-state index >= 15 is 0 Å². The van der Waals surface area contributed by atoms with E-state index < -0.39 is 23.3 Å². The lowest BCUT2D eigenvalue weighted by molar-refractivity contribution is 0.0689. The third kappa shape index (κ3) is 1.83. The second kappa shape index (κ2) is 4.52. The molecule has 5 nitrogen and oxygen atoms in total. The number of aromatic carboxylic acids is 1. The number of aromatic nitrogens is 3. The van der Waals surface area contributed by atoms with Crippen LogP contribution in [0.1, 0.15) is 23.1 Å². The van der Waals surface area contributed by atoms with E-state index in [-0.39, 0.29) is 17.8 Å². The lowest BCUT2D eigenvalue weighted by Crippen LogP contribution is -2.09. The number of carboxylic acids is 1. The summed E-state index contributed by atoms with van der Waals surface area (Å²) in [5.41, 5.74) is -0.582. The average molecular weight is 253 g/mol. The molecule has 1 heterocycles. The van der Waals surface area contributed by atoms with Crippen LogP contribution in [0.25, 0.3) is 5.69 Å². The summed E-state index contributed by atoms with van der Waals surface area (Å²) in [5, 5.41) is 15.8. The Labute approximate surface area is 101 Å². The lowest BCUT2D eigenvalue weighted by Gasteiger charge is -2.07. The number of hydrogen-bond donors (Lipinski definition) is 1. The monoisotopic (exact) mass is 253 g/mol. The summed E-state index contributed by atoms with van der Waals surface area (Å²) in [4.78, 5) is 10.9. The van der Waals surface area contributed by atoms with Gasteiger partial charge in [0.1, 0.15) is 5.69 Å². The molecular formula is C11H9F2N3O2. The van der Waals surface area contributed by atoms with Crippen molar-refractivity contribution in [2.45, 2.75) is 13.3 Å². The molecule has 0 unspecified atom stereocenters. The fourth-order valence-electron chi connectivity index (χ4n) is 1.66. The first-order chi connectivity index (χ1) is 8.56. The summed E-state index contributed by atoms with van der Waals surface area (Å²) in [6.07, 6.45) is 0.238. The molecule has 94 valence electrons. The summed E-state index contributed by atoms with van der Waals surface area (Å²) < 4.78 is 28.1. The topological polar surface area (TPSA) is 68.0 Å². The van der Waals surface area contributed by atoms with Crippen LogP contribution in [0.15, 0.2) is 18.2 Å². The van der Waals surface area contributed by atoms with Gasteiger partial charge < -0.3 is 5.11 Å². The van der Waals surface area contributed by atoms with Crippen molar-refractivity contribution in [3.8, 4) is 5.69 Å². The van der Waals surface area contributed by atoms with Crippen LogP contribution in [0.5, 0.6) is 0 Å². The van der Waals surface area contributed by atoms with Gasteiger partial charge in [0, 0.05) is 0 Å². The summed E-state index contributed by atoms with van der Waals surface area (Å²) in [6, 6.07) is 3.36. The minimum absolute atomic E-state index is 0.145. The van der Waals surface area contributed by atoms with E-state index in [9.17, 15) is 13.6 Å². The van der Waals surface area contributed by atoms with Crippen molar-refractivity contribution in [2.75, 3.05) is 0 Å². The Morgan fingerprint density at radius 3 is 2.50 bits per heavy atom. The number of halogens is 2. The van der Waals surface area contributed by atoms with Gasteiger partial charge in [-0.1, -0.05) is 18.2 Å². The molecule has 2 aromatic rings. The first kappa shape index (κ1) is 12.2. The summed E-state index contributed by atoms with van der Waals surface area (Å²) in [5.74, 6) is -2.94. The van der Waals surface area contributed by atoms with E-state index in [4.69, 9.17) is 5.11 Å². The third-order valence-electron chi connectivity index (χ3n) is 2.45. The number of carboxylic acid groups (broad SMARTS) is 1. The van der Waals surface area contributed by atoms with Gasteiger partial charge in [-0.2, -0.15) is 0 Å². The molecule has 1 aromatic heterocycles. The maximum atomic E-state index is 13.6. The van der Waals surface area contributed by atoms with Gasteiger partial charge in [0.25, 0.3) is 0 Å². The standard InChI is InChI=1S/C11H9F2N3O2/c1-2-8-9(11(17)18)14-15-16(8)10-6(12)4-3-5-7(10)13/h3-5H,2H2,1H3,(H,17,18). The molecule has 0 radical (unpaired) electrons. The Hall–Kier alpha value is -2.31. The van der Waals surface area contributed by atoms with Crippen molar-refractivity contribution in [3.63, 3.8) is 0 Å². The van der Waals surface area contributed by atoms with Gasteiger partial charge in [0.05, 0.1) is 5.69 Å². The van der Waals surface area contributed by atoms with Crippen LogP contribution >= 0.6 is 0 Å². The predicted octanol–water partition coefficient (Wildman–Crippen LogP) is 1.81. The van der Waals surface area contributed by atoms with E-state index in [0.29, 0.717) is 0 Å². The highest BCUT2D eigenvalue weighted by Gasteiger charge is 2.22. The first-order valence-corrected chi connectivity index (χ1v) is 5.18. The third-order valence-corrected chi connectivity index (χ3v) is 2.45. The zero-order valence-electron chi connectivity index (χ0n) is 9.39. The van der Waals surface area contributed by atoms with Crippen molar-refractivity contribution in [1.29, 1.82) is 0 Å². The Morgan fingerprint density at radius 1 is 1.39 bits per heavy atom. The van der Waals surface area contributed by atoms with Crippen LogP contribution in [-0.4, -0.2) is 26.1 Å². The van der Waals surface area contributed by atoms with E-state index in [1.807, 2.05) is 0 Å². The van der Waals surface area contributed by atoms with Gasteiger partial charge in [-0.05, 0) is 18.6 Å². The molecule has 0 atom stereocenters. The van der Waals surface area contributed by atoms with Crippen LogP contribution in [0.4, 0.5) is 8.78 Å². The van der Waals surface area contributed by atoms with Crippen molar-refractivity contribution in [1.82, 2.24) is 15.0 Å². The molecule has 0 saturated heterocycles. The number of rotatable bonds is 3. The number of hydrogen-bond acceptors (Lipinski definition) is 3. The molecule has 0 aliphatic heterocycles. The summed E-state index contributed by atoms with van der Waals surface area (Å²) in [6.45, 7) is 1.65. The van der Waals surface area contributed by atoms with E-state index in [0.717, 1.165) is 16.8 Å². The van der Waals surface area contributed by atoms with Crippen molar-refractivity contribution in [3.05, 3.63) is 41.2 Å². The van der Waals surface area contributed by atoms with Gasteiger partial charge in [-0.3, -0.25) is 0 Å². The second-order valence-corrected chi connectivity index (χ2v) is 3.53. The highest BCUT2D eigenvalue weighted by molar-refractivity contribution is 5.86. The summed E-state index contributed by atoms with van der Waals surface area (Å²) >= 11 is 0. The predicted molar refractivity (Wildman–Crippen MR) is 57.6 cm³/mol. The van der Waals surface area contributed by atoms with E-state index in [2.05, 4.69) is 10.3 Å². The molecule has 1 aromatic carbocycles. The van der Waals surface area contributed by atoms with Crippen LogP contribution in [0.3, 0.4) is 0 Å². The Balaban J connectivity index is 2.68. The van der Waals surface area contributed by atoms with Gasteiger partial charge in [-0.15, -0.1) is 5.10 Å². The number of nitrogens with zero attached hydrogens (tertiary/aromatic N) is 3. The fraction of sp³-hybridized carbons (Fsp3) is 0.182. The maximum Gasteiger partial charge on any atom is 0.358 e. The van der Waals surface area contributed by atoms with Crippen molar-refractivity contribution < 1.29 is 18.7 Å². The van der Waals surface area contributed by atoms with Gasteiger partial charge in [0.2, 0.25) is 0 Å². The molecule has 0 fully saturated rings.